The Hall–Kier alpha value is -0.620. The molecule has 0 aliphatic heterocycles. The summed E-state index contributed by atoms with van der Waals surface area (Å²) in [6.45, 7) is 7.62. The quantitative estimate of drug-likeness (QED) is 0.613. The van der Waals surface area contributed by atoms with Crippen LogP contribution < -0.4 is 10.1 Å². The average Bonchev–Trinajstić information content (AvgIpc) is 2.48. The monoisotopic (exact) mass is 359 g/mol. The fraction of sp³-hybridized carbons (Fsp3) is 0.625. The predicted molar refractivity (Wildman–Crippen MR) is 89.0 cm³/mol. The first-order chi connectivity index (χ1) is 10.2. The third kappa shape index (κ3) is 7.27. The van der Waals surface area contributed by atoms with Crippen LogP contribution in [0.3, 0.4) is 0 Å². The van der Waals surface area contributed by atoms with Crippen molar-refractivity contribution in [2.24, 2.45) is 0 Å². The molecule has 0 amide bonds. The normalized spacial score (nSPS) is 12.4. The van der Waals surface area contributed by atoms with Crippen molar-refractivity contribution >= 4 is 15.9 Å². The molecule has 0 bridgehead atoms. The van der Waals surface area contributed by atoms with Crippen LogP contribution in [0.1, 0.15) is 31.9 Å². The number of methoxy groups -OCH3 is 1. The van der Waals surface area contributed by atoms with Gasteiger partial charge >= 0.3 is 0 Å². The molecule has 1 atom stereocenters. The summed E-state index contributed by atoms with van der Waals surface area (Å²) in [5.74, 6) is 0.899. The van der Waals surface area contributed by atoms with Crippen molar-refractivity contribution in [1.29, 1.82) is 0 Å². The van der Waals surface area contributed by atoms with Gasteiger partial charge in [0.2, 0.25) is 0 Å². The van der Waals surface area contributed by atoms with Crippen molar-refractivity contribution < 1.29 is 14.2 Å². The zero-order valence-electron chi connectivity index (χ0n) is 13.2. The van der Waals surface area contributed by atoms with Gasteiger partial charge in [0.15, 0.2) is 0 Å². The third-order valence-electron chi connectivity index (χ3n) is 3.06. The van der Waals surface area contributed by atoms with Crippen LogP contribution in [0.5, 0.6) is 5.75 Å². The van der Waals surface area contributed by atoms with E-state index in [1.54, 1.807) is 7.11 Å². The number of halogens is 1. The molecule has 1 aromatic carbocycles. The Kier molecular flexibility index (Phi) is 9.67. The van der Waals surface area contributed by atoms with Crippen molar-refractivity contribution in [3.8, 4) is 5.75 Å². The van der Waals surface area contributed by atoms with Gasteiger partial charge in [0.05, 0.1) is 19.8 Å². The number of nitrogens with one attached hydrogen (secondary N) is 1. The fourth-order valence-electron chi connectivity index (χ4n) is 1.92. The van der Waals surface area contributed by atoms with Crippen molar-refractivity contribution in [2.75, 3.05) is 40.1 Å². The van der Waals surface area contributed by atoms with Crippen LogP contribution >= 0.6 is 15.9 Å². The van der Waals surface area contributed by atoms with Gasteiger partial charge in [0.1, 0.15) is 12.4 Å². The molecule has 120 valence electrons. The van der Waals surface area contributed by atoms with E-state index in [9.17, 15) is 0 Å². The molecule has 1 N–H and O–H groups in total. The van der Waals surface area contributed by atoms with Crippen LogP contribution in [0.4, 0.5) is 0 Å². The molecule has 1 aromatic rings. The van der Waals surface area contributed by atoms with Gasteiger partial charge in [0.25, 0.3) is 0 Å². The van der Waals surface area contributed by atoms with E-state index in [1.807, 2.05) is 12.1 Å². The molecule has 0 spiro atoms. The zero-order valence-corrected chi connectivity index (χ0v) is 14.7. The van der Waals surface area contributed by atoms with Crippen LogP contribution in [0.15, 0.2) is 22.7 Å². The lowest BCUT2D eigenvalue weighted by Gasteiger charge is -2.18. The molecule has 0 saturated heterocycles. The zero-order chi connectivity index (χ0) is 15.5. The minimum atomic E-state index is 0.266. The Morgan fingerprint density at radius 1 is 1.19 bits per heavy atom. The van der Waals surface area contributed by atoms with E-state index in [0.29, 0.717) is 26.4 Å². The maximum atomic E-state index is 5.86. The first kappa shape index (κ1) is 18.4. The second-order valence-corrected chi connectivity index (χ2v) is 5.73. The summed E-state index contributed by atoms with van der Waals surface area (Å²) in [5, 5.41) is 3.48. The maximum Gasteiger partial charge on any atom is 0.125 e. The lowest BCUT2D eigenvalue weighted by atomic mass is 10.1. The Morgan fingerprint density at radius 3 is 2.67 bits per heavy atom. The molecule has 21 heavy (non-hydrogen) atoms. The van der Waals surface area contributed by atoms with E-state index >= 15 is 0 Å². The fourth-order valence-corrected chi connectivity index (χ4v) is 2.26. The van der Waals surface area contributed by atoms with Crippen LogP contribution in [-0.4, -0.2) is 40.1 Å². The number of hydrogen-bond acceptors (Lipinski definition) is 4. The van der Waals surface area contributed by atoms with Gasteiger partial charge in [-0.15, -0.1) is 0 Å². The summed E-state index contributed by atoms with van der Waals surface area (Å²) >= 11 is 3.49. The molecule has 0 aromatic heterocycles. The highest BCUT2D eigenvalue weighted by molar-refractivity contribution is 9.10. The molecule has 0 aliphatic carbocycles. The van der Waals surface area contributed by atoms with Gasteiger partial charge in [-0.3, -0.25) is 0 Å². The van der Waals surface area contributed by atoms with Gasteiger partial charge in [-0.05, 0) is 32.0 Å². The molecule has 1 rings (SSSR count). The van der Waals surface area contributed by atoms with Gasteiger partial charge < -0.3 is 19.5 Å². The lowest BCUT2D eigenvalue weighted by Crippen LogP contribution is -2.20. The minimum absolute atomic E-state index is 0.266. The summed E-state index contributed by atoms with van der Waals surface area (Å²) in [7, 11) is 1.67. The molecule has 0 aliphatic rings. The second kappa shape index (κ2) is 11.0. The molecule has 0 saturated carbocycles. The Labute approximate surface area is 136 Å². The van der Waals surface area contributed by atoms with Gasteiger partial charge in [0, 0.05) is 23.2 Å². The summed E-state index contributed by atoms with van der Waals surface area (Å²) < 4.78 is 17.2. The standard InChI is InChI=1S/C16H26BrNO3/c1-4-7-18-13(2)15-6-5-14(17)12-16(15)21-11-10-20-9-8-19-3/h5-6,12-13,18H,4,7-11H2,1-3H3. The smallest absolute Gasteiger partial charge is 0.125 e. The predicted octanol–water partition coefficient (Wildman–Crippen LogP) is 3.55. The van der Waals surface area contributed by atoms with Gasteiger partial charge in [-0.1, -0.05) is 28.9 Å². The topological polar surface area (TPSA) is 39.7 Å². The second-order valence-electron chi connectivity index (χ2n) is 4.81. The Morgan fingerprint density at radius 2 is 1.95 bits per heavy atom. The number of rotatable bonds is 11. The molecule has 5 heteroatoms. The average molecular weight is 360 g/mol. The van der Waals surface area contributed by atoms with Gasteiger partial charge in [-0.25, -0.2) is 0 Å². The SMILES string of the molecule is CCCNC(C)c1ccc(Br)cc1OCCOCCOC. The maximum absolute atomic E-state index is 5.86. The Balaban J connectivity index is 2.52. The van der Waals surface area contributed by atoms with E-state index in [2.05, 4.69) is 41.2 Å². The van der Waals surface area contributed by atoms with E-state index in [-0.39, 0.29) is 6.04 Å². The van der Waals surface area contributed by atoms with Crippen LogP contribution in [0.25, 0.3) is 0 Å². The number of benzene rings is 1. The Bertz CT molecular complexity index is 401. The first-order valence-corrected chi connectivity index (χ1v) is 8.20. The summed E-state index contributed by atoms with van der Waals surface area (Å²) in [5.41, 5.74) is 1.17. The summed E-state index contributed by atoms with van der Waals surface area (Å²) in [6, 6.07) is 6.41. The molecule has 0 fully saturated rings. The van der Waals surface area contributed by atoms with Crippen LogP contribution in [0.2, 0.25) is 0 Å². The van der Waals surface area contributed by atoms with Crippen LogP contribution in [-0.2, 0) is 9.47 Å². The highest BCUT2D eigenvalue weighted by Gasteiger charge is 2.11. The number of ether oxygens (including phenoxy) is 3. The van der Waals surface area contributed by atoms with Crippen molar-refractivity contribution in [3.63, 3.8) is 0 Å². The molecule has 0 radical (unpaired) electrons. The minimum Gasteiger partial charge on any atom is -0.491 e. The van der Waals surface area contributed by atoms with E-state index in [4.69, 9.17) is 14.2 Å². The molecular weight excluding hydrogens is 334 g/mol. The van der Waals surface area contributed by atoms with E-state index in [1.165, 1.54) is 5.56 Å². The van der Waals surface area contributed by atoms with E-state index < -0.39 is 0 Å². The van der Waals surface area contributed by atoms with Crippen LogP contribution in [0, 0.1) is 0 Å². The summed E-state index contributed by atoms with van der Waals surface area (Å²) in [4.78, 5) is 0. The lowest BCUT2D eigenvalue weighted by molar-refractivity contribution is 0.0542. The van der Waals surface area contributed by atoms with Crippen molar-refractivity contribution in [3.05, 3.63) is 28.2 Å². The largest absolute Gasteiger partial charge is 0.491 e. The molecular formula is C16H26BrNO3. The van der Waals surface area contributed by atoms with Gasteiger partial charge in [-0.2, -0.15) is 0 Å². The van der Waals surface area contributed by atoms with E-state index in [0.717, 1.165) is 23.2 Å². The highest BCUT2D eigenvalue weighted by atomic mass is 79.9. The number of hydrogen-bond donors (Lipinski definition) is 1. The third-order valence-corrected chi connectivity index (χ3v) is 3.55. The molecule has 0 heterocycles. The molecule has 1 unspecified atom stereocenters. The highest BCUT2D eigenvalue weighted by Crippen LogP contribution is 2.28. The van der Waals surface area contributed by atoms with Crippen molar-refractivity contribution in [1.82, 2.24) is 5.32 Å². The molecule has 4 nitrogen and oxygen atoms in total. The summed E-state index contributed by atoms with van der Waals surface area (Å²) in [6.07, 6.45) is 1.12. The van der Waals surface area contributed by atoms with Crippen molar-refractivity contribution in [2.45, 2.75) is 26.3 Å². The first-order valence-electron chi connectivity index (χ1n) is 7.41.